The summed E-state index contributed by atoms with van der Waals surface area (Å²) in [6.07, 6.45) is -4.06. The summed E-state index contributed by atoms with van der Waals surface area (Å²) in [4.78, 5) is 26.0. The summed E-state index contributed by atoms with van der Waals surface area (Å²) in [5, 5.41) is 28.5. The van der Waals surface area contributed by atoms with E-state index in [-0.39, 0.29) is 11.8 Å². The summed E-state index contributed by atoms with van der Waals surface area (Å²) in [6, 6.07) is 34.7. The molecule has 0 bridgehead atoms. The van der Waals surface area contributed by atoms with Crippen LogP contribution in [0, 0.1) is 0 Å². The fraction of sp³-hybridized carbons (Fsp3) is 0.316. The molecular weight excluding hydrogens is 651 g/mol. The molecule has 0 spiro atoms. The van der Waals surface area contributed by atoms with Gasteiger partial charge in [0.15, 0.2) is 24.7 Å². The van der Waals surface area contributed by atoms with Gasteiger partial charge in [-0.2, -0.15) is 0 Å². The number of hydrogen-bond donors (Lipinski definition) is 4. The van der Waals surface area contributed by atoms with Gasteiger partial charge in [0.1, 0.15) is 0 Å². The lowest BCUT2D eigenvalue weighted by Crippen LogP contribution is -2.46. The molecule has 0 heterocycles. The van der Waals surface area contributed by atoms with Crippen LogP contribution in [0.25, 0.3) is 0 Å². The van der Waals surface area contributed by atoms with Gasteiger partial charge in [0.25, 0.3) is 0 Å². The number of nitrogens with one attached hydrogen (secondary N) is 2. The van der Waals surface area contributed by atoms with Crippen LogP contribution < -0.4 is 10.6 Å². The Bertz CT molecular complexity index is 1470. The molecule has 0 aliphatic rings. The topological polar surface area (TPSA) is 117 Å². The van der Waals surface area contributed by atoms with Crippen LogP contribution in [-0.2, 0) is 31.9 Å². The third kappa shape index (κ3) is 11.2. The Hall–Kier alpha value is -3.76. The van der Waals surface area contributed by atoms with Gasteiger partial charge in [-0.1, -0.05) is 108 Å². The fourth-order valence-electron chi connectivity index (χ4n) is 5.67. The Labute approximate surface area is 292 Å². The summed E-state index contributed by atoms with van der Waals surface area (Å²) in [6.45, 7) is 0. The van der Waals surface area contributed by atoms with E-state index in [0.717, 1.165) is 22.3 Å². The van der Waals surface area contributed by atoms with Crippen molar-refractivity contribution < 1.29 is 29.3 Å². The molecule has 4 aromatic rings. The molecule has 0 aliphatic carbocycles. The predicted molar refractivity (Wildman–Crippen MR) is 188 cm³/mol. The number of rotatable bonds is 17. The quantitative estimate of drug-likeness (QED) is 0.0784. The Balaban J connectivity index is 1.39. The number of hydrogen-bond acceptors (Lipinski definition) is 8. The van der Waals surface area contributed by atoms with Gasteiger partial charge < -0.3 is 19.7 Å². The van der Waals surface area contributed by atoms with Gasteiger partial charge in [0.05, 0.1) is 0 Å². The van der Waals surface area contributed by atoms with Gasteiger partial charge in [-0.3, -0.25) is 10.6 Å². The van der Waals surface area contributed by atoms with Gasteiger partial charge >= 0.3 is 11.9 Å². The highest BCUT2D eigenvalue weighted by Crippen LogP contribution is 2.29. The SMILES string of the molecule is CNC(CC(Cc1cccc(Cl)c1)c1ccccc1)OC(=O)C(O)C(O)C(=O)OC(CC(Cc1cccc(Cl)c1)c1ccccc1)NC. The third-order valence-corrected chi connectivity index (χ3v) is 8.69. The zero-order valence-electron chi connectivity index (χ0n) is 27.0. The first-order valence-corrected chi connectivity index (χ1v) is 16.6. The first-order valence-electron chi connectivity index (χ1n) is 15.9. The fourth-order valence-corrected chi connectivity index (χ4v) is 6.09. The molecule has 0 aromatic heterocycles. The first kappa shape index (κ1) is 37.1. The lowest BCUT2D eigenvalue weighted by molar-refractivity contribution is -0.181. The van der Waals surface area contributed by atoms with Crippen molar-refractivity contribution in [2.75, 3.05) is 14.1 Å². The monoisotopic (exact) mass is 692 g/mol. The molecule has 6 unspecified atom stereocenters. The van der Waals surface area contributed by atoms with E-state index in [1.54, 1.807) is 26.2 Å². The second kappa shape index (κ2) is 18.7. The van der Waals surface area contributed by atoms with Crippen molar-refractivity contribution in [2.45, 2.75) is 62.2 Å². The molecule has 0 amide bonds. The highest BCUT2D eigenvalue weighted by molar-refractivity contribution is 6.30. The largest absolute Gasteiger partial charge is 0.445 e. The van der Waals surface area contributed by atoms with Crippen molar-refractivity contribution in [2.24, 2.45) is 0 Å². The summed E-state index contributed by atoms with van der Waals surface area (Å²) < 4.78 is 11.1. The highest BCUT2D eigenvalue weighted by atomic mass is 35.5. The average molecular weight is 694 g/mol. The minimum Gasteiger partial charge on any atom is -0.445 e. The summed E-state index contributed by atoms with van der Waals surface area (Å²) >= 11 is 12.4. The second-order valence-electron chi connectivity index (χ2n) is 11.7. The number of aliphatic hydroxyl groups is 2. The number of halogens is 2. The molecule has 0 radical (unpaired) electrons. The Morgan fingerprint density at radius 2 is 0.979 bits per heavy atom. The van der Waals surface area contributed by atoms with Crippen LogP contribution >= 0.6 is 23.2 Å². The zero-order chi connectivity index (χ0) is 34.5. The minimum absolute atomic E-state index is 0.0807. The standard InChI is InChI=1S/C38H42Cl2N2O6/c1-41-33(23-29(27-13-5-3-6-14-27)19-25-11-9-17-31(39)21-25)47-37(45)35(43)36(44)38(46)48-34(42-2)24-30(28-15-7-4-8-16-28)20-26-12-10-18-32(40)22-26/h3-18,21-22,29-30,33-36,41-44H,19-20,23-24H2,1-2H3. The summed E-state index contributed by atoms with van der Waals surface area (Å²) in [5.74, 6) is -2.47. The molecule has 254 valence electrons. The van der Waals surface area contributed by atoms with Crippen LogP contribution in [0.4, 0.5) is 0 Å². The Kier molecular flexibility index (Phi) is 14.4. The van der Waals surface area contributed by atoms with Crippen molar-refractivity contribution in [3.63, 3.8) is 0 Å². The van der Waals surface area contributed by atoms with Crippen LogP contribution in [0.5, 0.6) is 0 Å². The maximum Gasteiger partial charge on any atom is 0.339 e. The van der Waals surface area contributed by atoms with Gasteiger partial charge in [0.2, 0.25) is 0 Å². The van der Waals surface area contributed by atoms with E-state index in [4.69, 9.17) is 32.7 Å². The van der Waals surface area contributed by atoms with E-state index in [1.807, 2.05) is 97.1 Å². The highest BCUT2D eigenvalue weighted by Gasteiger charge is 2.36. The van der Waals surface area contributed by atoms with E-state index < -0.39 is 36.6 Å². The second-order valence-corrected chi connectivity index (χ2v) is 12.5. The van der Waals surface area contributed by atoms with E-state index in [9.17, 15) is 19.8 Å². The molecule has 10 heteroatoms. The molecule has 0 saturated heterocycles. The lowest BCUT2D eigenvalue weighted by atomic mass is 9.88. The maximum atomic E-state index is 13.0. The molecule has 4 aromatic carbocycles. The van der Waals surface area contributed by atoms with Gasteiger partial charge in [-0.15, -0.1) is 0 Å². The van der Waals surface area contributed by atoms with Crippen molar-refractivity contribution in [1.82, 2.24) is 10.6 Å². The summed E-state index contributed by atoms with van der Waals surface area (Å²) in [7, 11) is 3.25. The Morgan fingerprint density at radius 1 is 0.604 bits per heavy atom. The van der Waals surface area contributed by atoms with Crippen LogP contribution in [0.1, 0.15) is 46.9 Å². The molecule has 0 saturated carbocycles. The molecule has 4 N–H and O–H groups in total. The van der Waals surface area contributed by atoms with E-state index in [1.165, 1.54) is 0 Å². The number of carbonyl (C=O) groups excluding carboxylic acids is 2. The molecule has 6 atom stereocenters. The predicted octanol–water partition coefficient (Wildman–Crippen LogP) is 6.03. The van der Waals surface area contributed by atoms with Crippen molar-refractivity contribution in [3.05, 3.63) is 141 Å². The van der Waals surface area contributed by atoms with Crippen LogP contribution in [-0.4, -0.2) is 60.9 Å². The van der Waals surface area contributed by atoms with Gasteiger partial charge in [-0.05, 0) is 85.3 Å². The average Bonchev–Trinajstić information content (AvgIpc) is 3.10. The Morgan fingerprint density at radius 3 is 1.31 bits per heavy atom. The van der Waals surface area contributed by atoms with E-state index in [2.05, 4.69) is 10.6 Å². The molecule has 4 rings (SSSR count). The van der Waals surface area contributed by atoms with Gasteiger partial charge in [0, 0.05) is 22.9 Å². The molecule has 0 fully saturated rings. The van der Waals surface area contributed by atoms with Crippen LogP contribution in [0.2, 0.25) is 10.0 Å². The number of ether oxygens (including phenoxy) is 2. The smallest absolute Gasteiger partial charge is 0.339 e. The van der Waals surface area contributed by atoms with Crippen LogP contribution in [0.15, 0.2) is 109 Å². The zero-order valence-corrected chi connectivity index (χ0v) is 28.5. The normalized spacial score (nSPS) is 15.0. The number of carbonyl (C=O) groups is 2. The first-order chi connectivity index (χ1) is 23.2. The number of benzene rings is 4. The molecule has 48 heavy (non-hydrogen) atoms. The summed E-state index contributed by atoms with van der Waals surface area (Å²) in [5.41, 5.74) is 4.08. The van der Waals surface area contributed by atoms with Crippen molar-refractivity contribution in [3.8, 4) is 0 Å². The van der Waals surface area contributed by atoms with Gasteiger partial charge in [-0.25, -0.2) is 9.59 Å². The van der Waals surface area contributed by atoms with E-state index in [0.29, 0.717) is 35.7 Å². The van der Waals surface area contributed by atoms with Crippen LogP contribution in [0.3, 0.4) is 0 Å². The third-order valence-electron chi connectivity index (χ3n) is 8.22. The lowest BCUT2D eigenvalue weighted by Gasteiger charge is -2.27. The minimum atomic E-state index is -2.16. The maximum absolute atomic E-state index is 13.0. The number of esters is 2. The molecular formula is C38H42Cl2N2O6. The molecule has 0 aliphatic heterocycles. The van der Waals surface area contributed by atoms with E-state index >= 15 is 0 Å². The van der Waals surface area contributed by atoms with Crippen molar-refractivity contribution >= 4 is 35.1 Å². The molecule has 8 nitrogen and oxygen atoms in total. The van der Waals surface area contributed by atoms with Crippen molar-refractivity contribution in [1.29, 1.82) is 0 Å². The number of aliphatic hydroxyl groups excluding tert-OH is 2.